The van der Waals surface area contributed by atoms with Crippen molar-refractivity contribution in [2.45, 2.75) is 24.0 Å². The third kappa shape index (κ3) is 3.78. The van der Waals surface area contributed by atoms with Gasteiger partial charge in [-0.2, -0.15) is 0 Å². The number of piperidine rings is 1. The Bertz CT molecular complexity index is 456. The van der Waals surface area contributed by atoms with Crippen LogP contribution in [0.5, 0.6) is 0 Å². The van der Waals surface area contributed by atoms with E-state index in [1.807, 2.05) is 0 Å². The van der Waals surface area contributed by atoms with Crippen LogP contribution in [0, 0.1) is 5.92 Å². The molecule has 1 aliphatic heterocycles. The van der Waals surface area contributed by atoms with Crippen molar-refractivity contribution in [2.75, 3.05) is 26.2 Å². The molecule has 0 saturated carbocycles. The topological polar surface area (TPSA) is 49.4 Å². The summed E-state index contributed by atoms with van der Waals surface area (Å²) >= 11 is 1.25. The first-order chi connectivity index (χ1) is 8.58. The van der Waals surface area contributed by atoms with Gasteiger partial charge in [0.25, 0.3) is 0 Å². The lowest BCUT2D eigenvalue weighted by molar-refractivity contribution is 0.187. The Labute approximate surface area is 113 Å². The number of nitrogens with one attached hydrogen (secondary N) is 1. The molecule has 1 fully saturated rings. The fraction of sp³-hybridized carbons (Fsp3) is 0.667. The lowest BCUT2D eigenvalue weighted by Gasteiger charge is -2.30. The molecule has 2 rings (SSSR count). The smallest absolute Gasteiger partial charge is 0.250 e. The minimum Gasteiger partial charge on any atom is -0.302 e. The fourth-order valence-corrected chi connectivity index (χ4v) is 4.37. The Kier molecular flexibility index (Phi) is 4.77. The molecule has 0 amide bonds. The van der Waals surface area contributed by atoms with Gasteiger partial charge in [0.15, 0.2) is 0 Å². The highest BCUT2D eigenvalue weighted by Gasteiger charge is 2.18. The molecule has 0 aromatic carbocycles. The molecule has 0 spiro atoms. The molecule has 1 aliphatic rings. The van der Waals surface area contributed by atoms with Gasteiger partial charge in [0.2, 0.25) is 10.0 Å². The van der Waals surface area contributed by atoms with Gasteiger partial charge in [0, 0.05) is 19.6 Å². The highest BCUT2D eigenvalue weighted by Crippen LogP contribution is 2.16. The van der Waals surface area contributed by atoms with Crippen molar-refractivity contribution in [2.24, 2.45) is 5.92 Å². The van der Waals surface area contributed by atoms with Gasteiger partial charge < -0.3 is 4.90 Å². The van der Waals surface area contributed by atoms with E-state index in [0.717, 1.165) is 25.6 Å². The van der Waals surface area contributed by atoms with E-state index in [1.54, 1.807) is 17.5 Å². The van der Waals surface area contributed by atoms with E-state index >= 15 is 0 Å². The first-order valence-electron chi connectivity index (χ1n) is 6.33. The molecule has 4 nitrogen and oxygen atoms in total. The van der Waals surface area contributed by atoms with E-state index in [2.05, 4.69) is 16.5 Å². The quantitative estimate of drug-likeness (QED) is 0.898. The molecule has 2 heterocycles. The van der Waals surface area contributed by atoms with Crippen LogP contribution >= 0.6 is 11.3 Å². The predicted molar refractivity (Wildman–Crippen MR) is 74.3 cm³/mol. The van der Waals surface area contributed by atoms with Crippen LogP contribution in [-0.4, -0.2) is 39.5 Å². The largest absolute Gasteiger partial charge is 0.302 e. The maximum absolute atomic E-state index is 11.9. The van der Waals surface area contributed by atoms with E-state index in [1.165, 1.54) is 24.2 Å². The Balaban J connectivity index is 1.78. The summed E-state index contributed by atoms with van der Waals surface area (Å²) in [4.78, 5) is 2.34. The van der Waals surface area contributed by atoms with Crippen LogP contribution in [0.4, 0.5) is 0 Å². The third-order valence-corrected chi connectivity index (χ3v) is 6.08. The number of hydrogen-bond donors (Lipinski definition) is 1. The van der Waals surface area contributed by atoms with Crippen molar-refractivity contribution in [3.05, 3.63) is 17.5 Å². The van der Waals surface area contributed by atoms with Gasteiger partial charge in [-0.15, -0.1) is 11.3 Å². The molecule has 0 unspecified atom stereocenters. The van der Waals surface area contributed by atoms with Gasteiger partial charge in [-0.3, -0.25) is 0 Å². The molecule has 0 radical (unpaired) electrons. The van der Waals surface area contributed by atoms with Crippen LogP contribution in [0.15, 0.2) is 21.7 Å². The third-order valence-electron chi connectivity index (χ3n) is 3.22. The maximum Gasteiger partial charge on any atom is 0.250 e. The van der Waals surface area contributed by atoms with Crippen LogP contribution in [0.3, 0.4) is 0 Å². The summed E-state index contributed by atoms with van der Waals surface area (Å²) in [5.74, 6) is 0.729. The number of thiophene rings is 1. The molecule has 1 saturated heterocycles. The SMILES string of the molecule is C[C@@H]1CCCN(CCNS(=O)(=O)c2cccs2)C1. The van der Waals surface area contributed by atoms with E-state index < -0.39 is 10.0 Å². The molecule has 6 heteroatoms. The second kappa shape index (κ2) is 6.14. The van der Waals surface area contributed by atoms with Crippen molar-refractivity contribution >= 4 is 21.4 Å². The summed E-state index contributed by atoms with van der Waals surface area (Å²) in [6.45, 7) is 5.72. The van der Waals surface area contributed by atoms with Crippen molar-refractivity contribution < 1.29 is 8.42 Å². The molecule has 18 heavy (non-hydrogen) atoms. The van der Waals surface area contributed by atoms with Gasteiger partial charge in [0.1, 0.15) is 4.21 Å². The van der Waals surface area contributed by atoms with Crippen LogP contribution in [0.1, 0.15) is 19.8 Å². The summed E-state index contributed by atoms with van der Waals surface area (Å²) in [5, 5.41) is 1.78. The molecule has 1 atom stereocenters. The lowest BCUT2D eigenvalue weighted by atomic mass is 10.0. The Morgan fingerprint density at radius 3 is 3.06 bits per heavy atom. The number of sulfonamides is 1. The highest BCUT2D eigenvalue weighted by molar-refractivity contribution is 7.91. The highest BCUT2D eigenvalue weighted by atomic mass is 32.2. The second-order valence-electron chi connectivity index (χ2n) is 4.88. The van der Waals surface area contributed by atoms with Gasteiger partial charge in [-0.25, -0.2) is 13.1 Å². The Hall–Kier alpha value is -0.430. The van der Waals surface area contributed by atoms with Gasteiger partial charge in [-0.05, 0) is 36.8 Å². The summed E-state index contributed by atoms with van der Waals surface area (Å²) < 4.78 is 26.8. The Morgan fingerprint density at radius 2 is 2.39 bits per heavy atom. The maximum atomic E-state index is 11.9. The van der Waals surface area contributed by atoms with Gasteiger partial charge in [0.05, 0.1) is 0 Å². The monoisotopic (exact) mass is 288 g/mol. The molecule has 0 aliphatic carbocycles. The van der Waals surface area contributed by atoms with Crippen molar-refractivity contribution in [1.82, 2.24) is 9.62 Å². The molecule has 1 N–H and O–H groups in total. The van der Waals surface area contributed by atoms with Crippen LogP contribution in [-0.2, 0) is 10.0 Å². The van der Waals surface area contributed by atoms with Crippen molar-refractivity contribution in [3.63, 3.8) is 0 Å². The van der Waals surface area contributed by atoms with Crippen LogP contribution in [0.2, 0.25) is 0 Å². The van der Waals surface area contributed by atoms with E-state index in [4.69, 9.17) is 0 Å². The zero-order valence-electron chi connectivity index (χ0n) is 10.6. The minimum absolute atomic E-state index is 0.398. The van der Waals surface area contributed by atoms with Crippen LogP contribution < -0.4 is 4.72 Å². The predicted octanol–water partition coefficient (Wildman–Crippen LogP) is 1.76. The van der Waals surface area contributed by atoms with Crippen molar-refractivity contribution in [3.8, 4) is 0 Å². The number of rotatable bonds is 5. The lowest BCUT2D eigenvalue weighted by Crippen LogP contribution is -2.39. The molecular weight excluding hydrogens is 268 g/mol. The minimum atomic E-state index is -3.29. The van der Waals surface area contributed by atoms with Gasteiger partial charge in [-0.1, -0.05) is 13.0 Å². The second-order valence-corrected chi connectivity index (χ2v) is 7.82. The van der Waals surface area contributed by atoms with Gasteiger partial charge >= 0.3 is 0 Å². The molecule has 0 bridgehead atoms. The van der Waals surface area contributed by atoms with Crippen molar-refractivity contribution in [1.29, 1.82) is 0 Å². The van der Waals surface area contributed by atoms with E-state index in [9.17, 15) is 8.42 Å². The zero-order chi connectivity index (χ0) is 13.0. The average Bonchev–Trinajstić information content (AvgIpc) is 2.83. The first-order valence-corrected chi connectivity index (χ1v) is 8.70. The molecular formula is C12H20N2O2S2. The molecule has 1 aromatic heterocycles. The fourth-order valence-electron chi connectivity index (χ4n) is 2.32. The first kappa shape index (κ1) is 14.0. The summed E-state index contributed by atoms with van der Waals surface area (Å²) in [7, 11) is -3.29. The number of nitrogens with zero attached hydrogens (tertiary/aromatic N) is 1. The molecule has 102 valence electrons. The normalized spacial score (nSPS) is 22.2. The molecule has 1 aromatic rings. The number of likely N-dealkylation sites (tertiary alicyclic amines) is 1. The zero-order valence-corrected chi connectivity index (χ0v) is 12.3. The van der Waals surface area contributed by atoms with E-state index in [-0.39, 0.29) is 0 Å². The standard InChI is InChI=1S/C12H20N2O2S2/c1-11-4-2-7-14(10-11)8-6-13-18(15,16)12-5-3-9-17-12/h3,5,9,11,13H,2,4,6-8,10H2,1H3/t11-/m1/s1. The van der Waals surface area contributed by atoms with Crippen LogP contribution in [0.25, 0.3) is 0 Å². The number of hydrogen-bond acceptors (Lipinski definition) is 4. The summed E-state index contributed by atoms with van der Waals surface area (Å²) in [6, 6.07) is 3.39. The summed E-state index contributed by atoms with van der Waals surface area (Å²) in [5.41, 5.74) is 0. The summed E-state index contributed by atoms with van der Waals surface area (Å²) in [6.07, 6.45) is 2.51. The average molecular weight is 288 g/mol. The van der Waals surface area contributed by atoms with E-state index in [0.29, 0.717) is 10.8 Å². The Morgan fingerprint density at radius 1 is 1.56 bits per heavy atom.